The van der Waals surface area contributed by atoms with Crippen LogP contribution in [0.25, 0.3) is 0 Å². The first kappa shape index (κ1) is 10.7. The Morgan fingerprint density at radius 3 is 2.38 bits per heavy atom. The van der Waals surface area contributed by atoms with Crippen molar-refractivity contribution in [2.24, 2.45) is 11.3 Å². The van der Waals surface area contributed by atoms with E-state index < -0.39 is 5.60 Å². The van der Waals surface area contributed by atoms with Crippen LogP contribution in [0, 0.1) is 11.3 Å². The molecule has 0 aromatic rings. The molecule has 2 nitrogen and oxygen atoms in total. The molecule has 0 amide bonds. The van der Waals surface area contributed by atoms with Crippen molar-refractivity contribution in [3.05, 3.63) is 0 Å². The van der Waals surface area contributed by atoms with E-state index in [0.717, 1.165) is 6.42 Å². The zero-order valence-corrected chi connectivity index (χ0v) is 9.05. The first-order valence-corrected chi connectivity index (χ1v) is 4.99. The van der Waals surface area contributed by atoms with Crippen LogP contribution in [0.5, 0.6) is 0 Å². The summed E-state index contributed by atoms with van der Waals surface area (Å²) in [6, 6.07) is 0. The maximum absolute atomic E-state index is 11.4. The maximum Gasteiger partial charge on any atom is 0.136 e. The zero-order valence-electron chi connectivity index (χ0n) is 9.05. The van der Waals surface area contributed by atoms with Crippen molar-refractivity contribution in [1.29, 1.82) is 0 Å². The third-order valence-electron chi connectivity index (χ3n) is 3.15. The summed E-state index contributed by atoms with van der Waals surface area (Å²) in [6.07, 6.45) is 1.72. The molecule has 1 aliphatic rings. The molecule has 2 atom stereocenters. The number of hydrogen-bond acceptors (Lipinski definition) is 2. The molecule has 0 radical (unpaired) electrons. The second-order valence-corrected chi connectivity index (χ2v) is 5.51. The summed E-state index contributed by atoms with van der Waals surface area (Å²) >= 11 is 0. The Balaban J connectivity index is 2.84. The van der Waals surface area contributed by atoms with Crippen LogP contribution in [0.3, 0.4) is 0 Å². The minimum atomic E-state index is -0.790. The summed E-state index contributed by atoms with van der Waals surface area (Å²) in [5.74, 6) is 0.529. The summed E-state index contributed by atoms with van der Waals surface area (Å²) in [4.78, 5) is 11.4. The lowest BCUT2D eigenvalue weighted by Crippen LogP contribution is -2.48. The summed E-state index contributed by atoms with van der Waals surface area (Å²) in [5.41, 5.74) is -0.987. The van der Waals surface area contributed by atoms with E-state index in [1.165, 1.54) is 0 Å². The smallest absolute Gasteiger partial charge is 0.136 e. The molecular formula is C11H20O2. The van der Waals surface area contributed by atoms with Gasteiger partial charge in [0.25, 0.3) is 0 Å². The Morgan fingerprint density at radius 2 is 2.00 bits per heavy atom. The van der Waals surface area contributed by atoms with Gasteiger partial charge in [0.1, 0.15) is 5.78 Å². The van der Waals surface area contributed by atoms with Gasteiger partial charge in [-0.3, -0.25) is 4.79 Å². The third kappa shape index (κ3) is 2.11. The highest BCUT2D eigenvalue weighted by Crippen LogP contribution is 2.42. The van der Waals surface area contributed by atoms with Gasteiger partial charge in [-0.05, 0) is 17.8 Å². The molecule has 1 fully saturated rings. The lowest BCUT2D eigenvalue weighted by atomic mass is 9.65. The highest BCUT2D eigenvalue weighted by Gasteiger charge is 2.45. The van der Waals surface area contributed by atoms with Crippen LogP contribution in [0.15, 0.2) is 0 Å². The standard InChI is InChI=1S/C11H20O2/c1-8-5-9(12)7-11(13,6-8)10(2,3)4/h8,13H,5-7H2,1-4H3. The highest BCUT2D eigenvalue weighted by molar-refractivity contribution is 5.80. The Hall–Kier alpha value is -0.370. The van der Waals surface area contributed by atoms with Crippen LogP contribution in [-0.2, 0) is 4.79 Å². The van der Waals surface area contributed by atoms with E-state index in [1.807, 2.05) is 27.7 Å². The fourth-order valence-corrected chi connectivity index (χ4v) is 2.08. The van der Waals surface area contributed by atoms with Crippen LogP contribution in [0.1, 0.15) is 47.0 Å². The minimum absolute atomic E-state index is 0.197. The predicted molar refractivity (Wildman–Crippen MR) is 52.4 cm³/mol. The molecule has 0 bridgehead atoms. The molecule has 76 valence electrons. The average Bonchev–Trinajstić information content (AvgIpc) is 1.79. The van der Waals surface area contributed by atoms with E-state index in [9.17, 15) is 9.90 Å². The molecule has 1 rings (SSSR count). The second kappa shape index (κ2) is 3.09. The van der Waals surface area contributed by atoms with Crippen molar-refractivity contribution in [3.8, 4) is 0 Å². The fourth-order valence-electron chi connectivity index (χ4n) is 2.08. The largest absolute Gasteiger partial charge is 0.389 e. The SMILES string of the molecule is CC1CC(=O)CC(O)(C(C)(C)C)C1. The van der Waals surface area contributed by atoms with Crippen molar-refractivity contribution in [1.82, 2.24) is 0 Å². The molecule has 0 spiro atoms. The third-order valence-corrected chi connectivity index (χ3v) is 3.15. The van der Waals surface area contributed by atoms with Crippen LogP contribution in [0.4, 0.5) is 0 Å². The minimum Gasteiger partial charge on any atom is -0.389 e. The van der Waals surface area contributed by atoms with Crippen LogP contribution in [-0.4, -0.2) is 16.5 Å². The number of ketones is 1. The Labute approximate surface area is 80.3 Å². The quantitative estimate of drug-likeness (QED) is 0.626. The van der Waals surface area contributed by atoms with E-state index in [4.69, 9.17) is 0 Å². The monoisotopic (exact) mass is 184 g/mol. The van der Waals surface area contributed by atoms with Crippen molar-refractivity contribution < 1.29 is 9.90 Å². The molecule has 0 heterocycles. The van der Waals surface area contributed by atoms with E-state index in [-0.39, 0.29) is 11.2 Å². The van der Waals surface area contributed by atoms with Gasteiger partial charge in [-0.25, -0.2) is 0 Å². The van der Waals surface area contributed by atoms with Crippen molar-refractivity contribution in [2.75, 3.05) is 0 Å². The normalized spacial score (nSPS) is 36.4. The van der Waals surface area contributed by atoms with Crippen molar-refractivity contribution in [2.45, 2.75) is 52.6 Å². The number of carbonyl (C=O) groups excluding carboxylic acids is 1. The van der Waals surface area contributed by atoms with Crippen LogP contribution >= 0.6 is 0 Å². The van der Waals surface area contributed by atoms with E-state index >= 15 is 0 Å². The summed E-state index contributed by atoms with van der Waals surface area (Å²) in [5, 5.41) is 10.3. The van der Waals surface area contributed by atoms with Crippen molar-refractivity contribution in [3.63, 3.8) is 0 Å². The van der Waals surface area contributed by atoms with Gasteiger partial charge in [0, 0.05) is 12.8 Å². The highest BCUT2D eigenvalue weighted by atomic mass is 16.3. The molecule has 0 aliphatic heterocycles. The lowest BCUT2D eigenvalue weighted by Gasteiger charge is -2.44. The molecular weight excluding hydrogens is 164 g/mol. The van der Waals surface area contributed by atoms with E-state index in [2.05, 4.69) is 0 Å². The molecule has 1 saturated carbocycles. The molecule has 13 heavy (non-hydrogen) atoms. The Kier molecular flexibility index (Phi) is 2.54. The number of aliphatic hydroxyl groups is 1. The van der Waals surface area contributed by atoms with Gasteiger partial charge in [0.15, 0.2) is 0 Å². The zero-order chi connectivity index (χ0) is 10.3. The molecule has 0 aromatic carbocycles. The number of hydrogen-bond donors (Lipinski definition) is 1. The average molecular weight is 184 g/mol. The van der Waals surface area contributed by atoms with Crippen molar-refractivity contribution >= 4 is 5.78 Å². The predicted octanol–water partition coefficient (Wildman–Crippen LogP) is 2.15. The number of Topliss-reactive ketones (excluding diaryl/α,β-unsaturated/α-hetero) is 1. The molecule has 1 aliphatic carbocycles. The van der Waals surface area contributed by atoms with Crippen LogP contribution < -0.4 is 0 Å². The first-order valence-electron chi connectivity index (χ1n) is 4.99. The van der Waals surface area contributed by atoms with Gasteiger partial charge in [-0.2, -0.15) is 0 Å². The van der Waals surface area contributed by atoms with E-state index in [1.54, 1.807) is 0 Å². The number of rotatable bonds is 0. The van der Waals surface area contributed by atoms with Gasteiger partial charge in [0.2, 0.25) is 0 Å². The van der Waals surface area contributed by atoms with Gasteiger partial charge < -0.3 is 5.11 Å². The van der Waals surface area contributed by atoms with Gasteiger partial charge in [-0.1, -0.05) is 27.7 Å². The van der Waals surface area contributed by atoms with Gasteiger partial charge in [-0.15, -0.1) is 0 Å². The molecule has 0 aromatic heterocycles. The van der Waals surface area contributed by atoms with Crippen LogP contribution in [0.2, 0.25) is 0 Å². The first-order chi connectivity index (χ1) is 5.74. The molecule has 0 saturated heterocycles. The number of carbonyl (C=O) groups is 1. The van der Waals surface area contributed by atoms with Gasteiger partial charge in [0.05, 0.1) is 5.60 Å². The fraction of sp³-hybridized carbons (Fsp3) is 0.909. The molecule has 2 unspecified atom stereocenters. The lowest BCUT2D eigenvalue weighted by molar-refractivity contribution is -0.142. The molecule has 1 N–H and O–H groups in total. The van der Waals surface area contributed by atoms with Gasteiger partial charge >= 0.3 is 0 Å². The Morgan fingerprint density at radius 1 is 1.46 bits per heavy atom. The second-order valence-electron chi connectivity index (χ2n) is 5.51. The molecule has 2 heteroatoms. The maximum atomic E-state index is 11.4. The topological polar surface area (TPSA) is 37.3 Å². The van der Waals surface area contributed by atoms with E-state index in [0.29, 0.717) is 18.8 Å². The summed E-state index contributed by atoms with van der Waals surface area (Å²) < 4.78 is 0. The summed E-state index contributed by atoms with van der Waals surface area (Å²) in [6.45, 7) is 8.03. The Bertz CT molecular complexity index is 215. The summed E-state index contributed by atoms with van der Waals surface area (Å²) in [7, 11) is 0.